The Morgan fingerprint density at radius 2 is 1.67 bits per heavy atom. The molecule has 0 amide bonds. The summed E-state index contributed by atoms with van der Waals surface area (Å²) in [4.78, 5) is 0. The van der Waals surface area contributed by atoms with Gasteiger partial charge in [0.1, 0.15) is 0 Å². The molecule has 0 heterocycles. The fraction of sp³-hybridized carbons (Fsp3) is 0.500. The van der Waals surface area contributed by atoms with E-state index < -0.39 is 0 Å². The Morgan fingerprint density at radius 3 is 1.67 bits per heavy atom. The summed E-state index contributed by atoms with van der Waals surface area (Å²) in [6, 6.07) is 0. The van der Waals surface area contributed by atoms with Gasteiger partial charge < -0.3 is 0 Å². The first-order valence-electron chi connectivity index (χ1n) is 1.67. The normalized spacial score (nSPS) is 18.8. The van der Waals surface area contributed by atoms with Gasteiger partial charge in [0.25, 0.3) is 0 Å². The van der Waals surface area contributed by atoms with Crippen molar-refractivity contribution in [1.82, 2.24) is 0 Å². The van der Waals surface area contributed by atoms with Crippen molar-refractivity contribution in [3.05, 3.63) is 0 Å². The second-order valence-electron chi connectivity index (χ2n) is 0.641. The molecule has 0 nitrogen and oxygen atoms in total. The third kappa shape index (κ3) is 3.29. The molecule has 0 aromatic carbocycles. The summed E-state index contributed by atoms with van der Waals surface area (Å²) in [5.74, 6) is 0. The number of hydrogen-bond donors (Lipinski definition) is 0. The Morgan fingerprint density at radius 1 is 1.33 bits per heavy atom. The van der Waals surface area contributed by atoms with E-state index in [0.29, 0.717) is 0 Å². The van der Waals surface area contributed by atoms with Crippen LogP contribution in [0.1, 0.15) is 13.8 Å². The van der Waals surface area contributed by atoms with Crippen molar-refractivity contribution >= 4 is 29.0 Å². The van der Waals surface area contributed by atoms with E-state index in [1.807, 2.05) is 0 Å². The molecule has 0 bridgehead atoms. The zero-order chi connectivity index (χ0) is 4.99. The van der Waals surface area contributed by atoms with Crippen LogP contribution in [0.25, 0.3) is 0 Å². The minimum atomic E-state index is -0.370. The van der Waals surface area contributed by atoms with Crippen molar-refractivity contribution in [3.63, 3.8) is 0 Å². The first kappa shape index (κ1) is 7.09. The molecule has 0 aliphatic rings. The molecule has 6 heavy (non-hydrogen) atoms. The predicted molar refractivity (Wildman–Crippen MR) is 37.5 cm³/mol. The molecule has 0 spiro atoms. The topological polar surface area (TPSA) is 0 Å². The van der Waals surface area contributed by atoms with E-state index in [0.717, 1.165) is 0 Å². The fourth-order valence-corrected chi connectivity index (χ4v) is 0.657. The van der Waals surface area contributed by atoms with Gasteiger partial charge in [0.15, 0.2) is 0 Å². The van der Waals surface area contributed by atoms with Crippen LogP contribution in [-0.2, 0) is 11.5 Å². The van der Waals surface area contributed by atoms with Crippen LogP contribution in [-0.4, -0.2) is 9.22 Å². The monoisotopic (exact) mass is 286 g/mol. The van der Waals surface area contributed by atoms with Crippen LogP contribution >= 0.6 is 19.8 Å². The molecule has 0 saturated carbocycles. The second kappa shape index (κ2) is 4.26. The van der Waals surface area contributed by atoms with Crippen LogP contribution in [0.4, 0.5) is 0 Å². The van der Waals surface area contributed by atoms with Gasteiger partial charge in [-0.1, -0.05) is 0 Å². The van der Waals surface area contributed by atoms with Crippen LogP contribution in [0.5, 0.6) is 0 Å². The minimum absolute atomic E-state index is 0.370. The summed E-state index contributed by atoms with van der Waals surface area (Å²) in [7, 11) is 0. The summed E-state index contributed by atoms with van der Waals surface area (Å²) in [6.07, 6.45) is 0. The average molecular weight is 286 g/mol. The molecule has 0 fully saturated rings. The van der Waals surface area contributed by atoms with Crippen LogP contribution in [0, 0.1) is 0 Å². The van der Waals surface area contributed by atoms with Crippen LogP contribution in [0.3, 0.4) is 0 Å². The standard InChI is InChI=1S/2C2H4.HI.Rh/c2*1-2;;/h2*1H,2H3;1H;/q;;;+1/p-1. The maximum atomic E-state index is 2.49. The summed E-state index contributed by atoms with van der Waals surface area (Å²) < 4.78 is 4.57. The number of halogens is 1. The van der Waals surface area contributed by atoms with Gasteiger partial charge in [0, 0.05) is 0 Å². The summed E-state index contributed by atoms with van der Waals surface area (Å²) in [6.45, 7) is 4.25. The molecule has 0 aliphatic heterocycles. The molecular weight excluding hydrogens is 278 g/mol. The van der Waals surface area contributed by atoms with Crippen LogP contribution in [0.15, 0.2) is 0 Å². The molecule has 0 N–H and O–H groups in total. The zero-order valence-electron chi connectivity index (χ0n) is 3.87. The molecule has 0 aliphatic carbocycles. The second-order valence-corrected chi connectivity index (χ2v) is 8.71. The zero-order valence-corrected chi connectivity index (χ0v) is 7.66. The molecule has 40 valence electrons. The molecule has 0 saturated heterocycles. The molecule has 0 aromatic rings. The van der Waals surface area contributed by atoms with Gasteiger partial charge >= 0.3 is 54.3 Å². The van der Waals surface area contributed by atoms with Crippen LogP contribution < -0.4 is 0 Å². The van der Waals surface area contributed by atoms with Crippen molar-refractivity contribution < 1.29 is 11.5 Å². The molecule has 0 aromatic heterocycles. The first-order chi connectivity index (χ1) is 2.81. The van der Waals surface area contributed by atoms with Gasteiger partial charge in [-0.2, -0.15) is 0 Å². The van der Waals surface area contributed by atoms with E-state index in [1.54, 1.807) is 0 Å². The molecule has 2 heteroatoms. The Bertz CT molecular complexity index is 88.1. The van der Waals surface area contributed by atoms with Crippen molar-refractivity contribution in [1.29, 1.82) is 0 Å². The van der Waals surface area contributed by atoms with E-state index >= 15 is 0 Å². The van der Waals surface area contributed by atoms with Gasteiger partial charge in [-0.25, -0.2) is 0 Å². The van der Waals surface area contributed by atoms with E-state index in [2.05, 4.69) is 42.8 Å². The van der Waals surface area contributed by atoms with Crippen molar-refractivity contribution in [3.8, 4) is 0 Å². The first-order valence-corrected chi connectivity index (χ1v) is 8.43. The quantitative estimate of drug-likeness (QED) is 0.469. The SMILES string of the molecule is C/[CH]=[Rh](\[I])=[CH]/C. The molecule has 0 radical (unpaired) electrons. The average Bonchev–Trinajstić information content (AvgIpc) is 1.65. The van der Waals surface area contributed by atoms with Crippen LogP contribution in [0.2, 0.25) is 0 Å². The van der Waals surface area contributed by atoms with Gasteiger partial charge in [0.05, 0.1) is 0 Å². The summed E-state index contributed by atoms with van der Waals surface area (Å²) in [5.41, 5.74) is 0. The number of hydrogen-bond acceptors (Lipinski definition) is 0. The Hall–Kier alpha value is 1.09. The Labute approximate surface area is 54.1 Å². The van der Waals surface area contributed by atoms with E-state index in [1.165, 1.54) is 0 Å². The third-order valence-corrected chi connectivity index (χ3v) is 7.09. The fourth-order valence-electron chi connectivity index (χ4n) is 0.111. The summed E-state index contributed by atoms with van der Waals surface area (Å²) >= 11 is 2.12. The molecule has 0 atom stereocenters. The summed E-state index contributed by atoms with van der Waals surface area (Å²) in [5, 5.41) is 0. The van der Waals surface area contributed by atoms with Gasteiger partial charge in [-0.05, 0) is 0 Å². The van der Waals surface area contributed by atoms with Crippen molar-refractivity contribution in [2.75, 3.05) is 0 Å². The molecular formula is C4H8IRh. The predicted octanol–water partition coefficient (Wildman–Crippen LogP) is 1.60. The van der Waals surface area contributed by atoms with E-state index in [4.69, 9.17) is 0 Å². The number of rotatable bonds is 0. The van der Waals surface area contributed by atoms with Crippen molar-refractivity contribution in [2.24, 2.45) is 0 Å². The van der Waals surface area contributed by atoms with Gasteiger partial charge in [0.2, 0.25) is 0 Å². The maximum absolute atomic E-state index is 2.49. The molecule has 0 unspecified atom stereocenters. The van der Waals surface area contributed by atoms with Crippen molar-refractivity contribution in [2.45, 2.75) is 13.8 Å². The van der Waals surface area contributed by atoms with E-state index in [-0.39, 0.29) is 11.5 Å². The Kier molecular flexibility index (Phi) is 5.03. The van der Waals surface area contributed by atoms with E-state index in [9.17, 15) is 0 Å². The third-order valence-electron chi connectivity index (χ3n) is 0.368. The van der Waals surface area contributed by atoms with Gasteiger partial charge in [-0.3, -0.25) is 0 Å². The Balaban J connectivity index is 3.86. The van der Waals surface area contributed by atoms with Gasteiger partial charge in [-0.15, -0.1) is 0 Å². The molecule has 0 rings (SSSR count).